The lowest BCUT2D eigenvalue weighted by Gasteiger charge is -2.33. The zero-order chi connectivity index (χ0) is 17.2. The van der Waals surface area contributed by atoms with Crippen molar-refractivity contribution in [3.63, 3.8) is 0 Å². The Morgan fingerprint density at radius 2 is 2.12 bits per heavy atom. The van der Waals surface area contributed by atoms with Crippen molar-refractivity contribution in [2.24, 2.45) is 0 Å². The minimum absolute atomic E-state index is 0.0364. The van der Waals surface area contributed by atoms with Gasteiger partial charge in [0.2, 0.25) is 5.89 Å². The highest BCUT2D eigenvalue weighted by Gasteiger charge is 2.29. The topological polar surface area (TPSA) is 71.3 Å². The Morgan fingerprint density at radius 3 is 2.92 bits per heavy atom. The van der Waals surface area contributed by atoms with Crippen molar-refractivity contribution in [3.8, 4) is 0 Å². The van der Waals surface area contributed by atoms with Crippen molar-refractivity contribution < 1.29 is 9.32 Å². The number of urea groups is 1. The number of aryl methyl sites for hydroxylation is 2. The smallest absolute Gasteiger partial charge is 0.317 e. The van der Waals surface area contributed by atoms with Gasteiger partial charge in [-0.25, -0.2) is 4.79 Å². The Bertz CT molecular complexity index is 757. The molecule has 6 heteroatoms. The molecule has 2 amide bonds. The lowest BCUT2D eigenvalue weighted by atomic mass is 9.88. The van der Waals surface area contributed by atoms with E-state index >= 15 is 0 Å². The molecule has 6 nitrogen and oxygen atoms in total. The Hall–Kier alpha value is -2.37. The van der Waals surface area contributed by atoms with Crippen LogP contribution < -0.4 is 5.32 Å². The zero-order valence-electron chi connectivity index (χ0n) is 14.6. The highest BCUT2D eigenvalue weighted by atomic mass is 16.5. The molecule has 1 aromatic carbocycles. The number of aromatic nitrogens is 2. The minimum Gasteiger partial charge on any atom is -0.340 e. The summed E-state index contributed by atoms with van der Waals surface area (Å²) in [6.45, 7) is 3.25. The Labute approximate surface area is 147 Å². The van der Waals surface area contributed by atoms with Gasteiger partial charge in [0.1, 0.15) is 0 Å². The summed E-state index contributed by atoms with van der Waals surface area (Å²) in [5.41, 5.74) is 2.77. The lowest BCUT2D eigenvalue weighted by Crippen LogP contribution is -2.49. The third-order valence-corrected chi connectivity index (χ3v) is 5.29. The van der Waals surface area contributed by atoms with Crippen LogP contribution in [0.15, 0.2) is 28.8 Å². The van der Waals surface area contributed by atoms with Gasteiger partial charge in [-0.2, -0.15) is 4.98 Å². The van der Waals surface area contributed by atoms with Crippen LogP contribution in [0.5, 0.6) is 0 Å². The van der Waals surface area contributed by atoms with Crippen molar-refractivity contribution in [1.82, 2.24) is 20.4 Å². The van der Waals surface area contributed by atoms with Gasteiger partial charge in [-0.3, -0.25) is 0 Å². The molecule has 1 aromatic heterocycles. The Balaban J connectivity index is 1.36. The highest BCUT2D eigenvalue weighted by Crippen LogP contribution is 2.25. The molecule has 0 radical (unpaired) electrons. The summed E-state index contributed by atoms with van der Waals surface area (Å²) < 4.78 is 5.09. The predicted molar refractivity (Wildman–Crippen MR) is 93.4 cm³/mol. The number of benzene rings is 1. The van der Waals surface area contributed by atoms with Gasteiger partial charge in [0, 0.05) is 32.0 Å². The van der Waals surface area contributed by atoms with E-state index in [1.165, 1.54) is 11.1 Å². The van der Waals surface area contributed by atoms with Gasteiger partial charge >= 0.3 is 6.03 Å². The molecule has 1 N–H and O–H groups in total. The molecule has 132 valence electrons. The summed E-state index contributed by atoms with van der Waals surface area (Å²) in [5, 5.41) is 7.26. The van der Waals surface area contributed by atoms with Crippen molar-refractivity contribution in [1.29, 1.82) is 0 Å². The molecule has 25 heavy (non-hydrogen) atoms. The summed E-state index contributed by atoms with van der Waals surface area (Å²) in [7, 11) is 0. The number of piperidine rings is 1. The number of amides is 2. The number of hydrogen-bond donors (Lipinski definition) is 1. The predicted octanol–water partition coefficient (Wildman–Crippen LogP) is 2.82. The number of hydrogen-bond acceptors (Lipinski definition) is 4. The number of rotatable bonds is 2. The van der Waals surface area contributed by atoms with Crippen LogP contribution in [0.25, 0.3) is 0 Å². The largest absolute Gasteiger partial charge is 0.340 e. The molecule has 1 aliphatic heterocycles. The van der Waals surface area contributed by atoms with Gasteiger partial charge in [-0.05, 0) is 43.2 Å². The SMILES string of the molecule is Cc1nc([C@@H]2CCCN(C(=O)N[C@@H]3CCc4ccccc4C3)C2)no1. The molecule has 0 unspecified atom stereocenters. The third kappa shape index (κ3) is 3.52. The van der Waals surface area contributed by atoms with Gasteiger partial charge in [-0.1, -0.05) is 29.4 Å². The highest BCUT2D eigenvalue weighted by molar-refractivity contribution is 5.74. The Morgan fingerprint density at radius 1 is 1.28 bits per heavy atom. The van der Waals surface area contributed by atoms with Gasteiger partial charge in [0.15, 0.2) is 5.82 Å². The van der Waals surface area contributed by atoms with Gasteiger partial charge in [0.05, 0.1) is 0 Å². The second-order valence-electron chi connectivity index (χ2n) is 7.11. The number of likely N-dealkylation sites (tertiary alicyclic amines) is 1. The molecule has 1 fully saturated rings. The van der Waals surface area contributed by atoms with Crippen molar-refractivity contribution in [2.45, 2.75) is 51.0 Å². The van der Waals surface area contributed by atoms with E-state index in [2.05, 4.69) is 39.7 Å². The summed E-state index contributed by atoms with van der Waals surface area (Å²) in [6, 6.07) is 8.78. The number of nitrogens with zero attached hydrogens (tertiary/aromatic N) is 3. The molecule has 0 spiro atoms. The molecule has 2 heterocycles. The fraction of sp³-hybridized carbons (Fsp3) is 0.526. The lowest BCUT2D eigenvalue weighted by molar-refractivity contribution is 0.173. The molecule has 4 rings (SSSR count). The molecule has 0 saturated carbocycles. The quantitative estimate of drug-likeness (QED) is 0.912. The summed E-state index contributed by atoms with van der Waals surface area (Å²) in [4.78, 5) is 18.9. The number of carbonyl (C=O) groups is 1. The maximum Gasteiger partial charge on any atom is 0.317 e. The van der Waals surface area contributed by atoms with E-state index < -0.39 is 0 Å². The van der Waals surface area contributed by atoms with E-state index in [-0.39, 0.29) is 18.0 Å². The normalized spacial score (nSPS) is 23.2. The first-order chi connectivity index (χ1) is 12.2. The number of nitrogens with one attached hydrogen (secondary N) is 1. The number of fused-ring (bicyclic) bond motifs is 1. The summed E-state index contributed by atoms with van der Waals surface area (Å²) >= 11 is 0. The molecular weight excluding hydrogens is 316 g/mol. The molecule has 1 saturated heterocycles. The fourth-order valence-corrected chi connectivity index (χ4v) is 3.94. The zero-order valence-corrected chi connectivity index (χ0v) is 14.6. The van der Waals surface area contributed by atoms with Crippen LogP contribution in [0.4, 0.5) is 4.79 Å². The van der Waals surface area contributed by atoms with Crippen molar-refractivity contribution >= 4 is 6.03 Å². The number of carbonyl (C=O) groups excluding carboxylic acids is 1. The van der Waals surface area contributed by atoms with E-state index in [0.29, 0.717) is 12.4 Å². The second-order valence-corrected chi connectivity index (χ2v) is 7.11. The van der Waals surface area contributed by atoms with Crippen molar-refractivity contribution in [3.05, 3.63) is 47.1 Å². The van der Waals surface area contributed by atoms with Gasteiger partial charge in [-0.15, -0.1) is 0 Å². The molecular formula is C19H24N4O2. The molecule has 2 atom stereocenters. The molecule has 2 aromatic rings. The summed E-state index contributed by atoms with van der Waals surface area (Å²) in [5.74, 6) is 1.48. The first-order valence-electron chi connectivity index (χ1n) is 9.11. The molecule has 0 bridgehead atoms. The van der Waals surface area contributed by atoms with Crippen LogP contribution in [-0.4, -0.2) is 40.2 Å². The van der Waals surface area contributed by atoms with E-state index in [4.69, 9.17) is 4.52 Å². The van der Waals surface area contributed by atoms with Crippen LogP contribution >= 0.6 is 0 Å². The average molecular weight is 340 g/mol. The fourth-order valence-electron chi connectivity index (χ4n) is 3.94. The van der Waals surface area contributed by atoms with Crippen LogP contribution in [0, 0.1) is 6.92 Å². The summed E-state index contributed by atoms with van der Waals surface area (Å²) in [6.07, 6.45) is 4.93. The third-order valence-electron chi connectivity index (χ3n) is 5.29. The monoisotopic (exact) mass is 340 g/mol. The van der Waals surface area contributed by atoms with Crippen LogP contribution in [0.3, 0.4) is 0 Å². The standard InChI is InChI=1S/C19H24N4O2/c1-13-20-18(22-25-13)16-7-4-10-23(12-16)19(24)21-17-9-8-14-5-2-3-6-15(14)11-17/h2-3,5-6,16-17H,4,7-12H2,1H3,(H,21,24)/t16-,17-/m1/s1. The molecule has 2 aliphatic rings. The minimum atomic E-state index is 0.0364. The Kier molecular flexibility index (Phi) is 4.42. The van der Waals surface area contributed by atoms with E-state index in [1.54, 1.807) is 6.92 Å². The van der Waals surface area contributed by atoms with Crippen LogP contribution in [0.1, 0.15) is 48.0 Å². The van der Waals surface area contributed by atoms with E-state index in [9.17, 15) is 4.79 Å². The maximum absolute atomic E-state index is 12.7. The van der Waals surface area contributed by atoms with E-state index in [1.807, 2.05) is 4.90 Å². The van der Waals surface area contributed by atoms with Crippen LogP contribution in [0.2, 0.25) is 0 Å². The second kappa shape index (κ2) is 6.86. The first-order valence-corrected chi connectivity index (χ1v) is 9.11. The van der Waals surface area contributed by atoms with Crippen LogP contribution in [-0.2, 0) is 12.8 Å². The van der Waals surface area contributed by atoms with Crippen molar-refractivity contribution in [2.75, 3.05) is 13.1 Å². The van der Waals surface area contributed by atoms with Gasteiger partial charge < -0.3 is 14.7 Å². The van der Waals surface area contributed by atoms with Gasteiger partial charge in [0.25, 0.3) is 0 Å². The first kappa shape index (κ1) is 16.1. The van der Waals surface area contributed by atoms with E-state index in [0.717, 1.165) is 44.5 Å². The maximum atomic E-state index is 12.7. The molecule has 1 aliphatic carbocycles. The average Bonchev–Trinajstić information content (AvgIpc) is 3.08.